The molecule has 0 aromatic rings. The molecule has 0 aliphatic carbocycles. The maximum Gasteiger partial charge on any atom is 0.187 e. The second-order valence-corrected chi connectivity index (χ2v) is 7.45. The molecule has 0 saturated carbocycles. The second-order valence-electron chi connectivity index (χ2n) is 2.99. The van der Waals surface area contributed by atoms with Crippen LogP contribution in [0.1, 0.15) is 0 Å². The topological polar surface area (TPSA) is 21.8 Å². The van der Waals surface area contributed by atoms with E-state index >= 15 is 0 Å². The van der Waals surface area contributed by atoms with Crippen molar-refractivity contribution in [3.05, 3.63) is 0 Å². The number of hydrogen-bond acceptors (Lipinski definition) is 2. The Labute approximate surface area is 50.9 Å². The van der Waals surface area contributed by atoms with Gasteiger partial charge in [0.25, 0.3) is 0 Å². The van der Waals surface area contributed by atoms with E-state index in [1.807, 2.05) is 0 Å². The normalized spacial score (nSPS) is 28.1. The minimum absolute atomic E-state index is 0.154. The van der Waals surface area contributed by atoms with E-state index in [0.29, 0.717) is 0 Å². The largest absolute Gasteiger partial charge is 0.391 e. The molecule has 0 radical (unpaired) electrons. The minimum atomic E-state index is -1.28. The van der Waals surface area contributed by atoms with E-state index in [0.717, 1.165) is 6.61 Å². The molecule has 1 aliphatic rings. The van der Waals surface area contributed by atoms with Crippen molar-refractivity contribution >= 4 is 8.32 Å². The summed E-state index contributed by atoms with van der Waals surface area (Å²) in [6, 6.07) is 0. The first kappa shape index (κ1) is 6.26. The quantitative estimate of drug-likeness (QED) is 0.416. The standard InChI is InChI=1S/C5H12O2Si/c1-8(2,3)7-5-4-6-5/h5H,4H2,1-3H3. The first-order valence-electron chi connectivity index (χ1n) is 2.87. The van der Waals surface area contributed by atoms with Crippen LogP contribution in [0.3, 0.4) is 0 Å². The van der Waals surface area contributed by atoms with Crippen molar-refractivity contribution in [1.29, 1.82) is 0 Å². The van der Waals surface area contributed by atoms with E-state index in [1.165, 1.54) is 0 Å². The van der Waals surface area contributed by atoms with Crippen LogP contribution in [0.5, 0.6) is 0 Å². The molecule has 8 heavy (non-hydrogen) atoms. The van der Waals surface area contributed by atoms with Crippen LogP contribution in [-0.2, 0) is 9.16 Å². The van der Waals surface area contributed by atoms with Crippen molar-refractivity contribution in [2.75, 3.05) is 6.61 Å². The van der Waals surface area contributed by atoms with Gasteiger partial charge in [0.05, 0.1) is 6.61 Å². The molecule has 48 valence electrons. The summed E-state index contributed by atoms with van der Waals surface area (Å²) in [4.78, 5) is 0. The average Bonchev–Trinajstić information content (AvgIpc) is 2.12. The van der Waals surface area contributed by atoms with E-state index in [2.05, 4.69) is 19.6 Å². The van der Waals surface area contributed by atoms with Gasteiger partial charge < -0.3 is 9.16 Å². The highest BCUT2D eigenvalue weighted by molar-refractivity contribution is 6.69. The molecule has 1 unspecified atom stereocenters. The Hall–Kier alpha value is 0.137. The lowest BCUT2D eigenvalue weighted by Gasteiger charge is -2.13. The summed E-state index contributed by atoms with van der Waals surface area (Å²) in [7, 11) is -1.28. The number of rotatable bonds is 2. The first-order valence-corrected chi connectivity index (χ1v) is 6.28. The van der Waals surface area contributed by atoms with Crippen LogP contribution in [-0.4, -0.2) is 21.2 Å². The van der Waals surface area contributed by atoms with E-state index in [1.54, 1.807) is 0 Å². The predicted octanol–water partition coefficient (Wildman–Crippen LogP) is 1.19. The van der Waals surface area contributed by atoms with Crippen LogP contribution in [0.25, 0.3) is 0 Å². The third-order valence-electron chi connectivity index (χ3n) is 0.788. The van der Waals surface area contributed by atoms with E-state index in [4.69, 9.17) is 9.16 Å². The van der Waals surface area contributed by atoms with E-state index < -0.39 is 8.32 Å². The summed E-state index contributed by atoms with van der Waals surface area (Å²) in [5.74, 6) is 0. The number of ether oxygens (including phenoxy) is 1. The molecule has 1 heterocycles. The van der Waals surface area contributed by atoms with Gasteiger partial charge in [-0.15, -0.1) is 0 Å². The molecule has 0 bridgehead atoms. The van der Waals surface area contributed by atoms with Crippen molar-refractivity contribution in [2.24, 2.45) is 0 Å². The third-order valence-corrected chi connectivity index (χ3v) is 1.76. The fourth-order valence-corrected chi connectivity index (χ4v) is 1.43. The molecule has 0 spiro atoms. The van der Waals surface area contributed by atoms with Gasteiger partial charge in [-0.3, -0.25) is 0 Å². The Morgan fingerprint density at radius 1 is 1.50 bits per heavy atom. The third kappa shape index (κ3) is 2.45. The Bertz CT molecular complexity index is 82.9. The van der Waals surface area contributed by atoms with Gasteiger partial charge >= 0.3 is 0 Å². The van der Waals surface area contributed by atoms with Gasteiger partial charge in [0, 0.05) is 0 Å². The van der Waals surface area contributed by atoms with Crippen LogP contribution in [0.4, 0.5) is 0 Å². The molecule has 1 rings (SSSR count). The molecule has 0 aromatic carbocycles. The summed E-state index contributed by atoms with van der Waals surface area (Å²) in [5, 5.41) is 0. The molecule has 0 aromatic heterocycles. The first-order chi connectivity index (χ1) is 3.58. The van der Waals surface area contributed by atoms with Gasteiger partial charge in [0.15, 0.2) is 14.6 Å². The van der Waals surface area contributed by atoms with Gasteiger partial charge in [-0.25, -0.2) is 0 Å². The zero-order valence-corrected chi connectivity index (χ0v) is 6.60. The van der Waals surface area contributed by atoms with Crippen molar-refractivity contribution in [3.63, 3.8) is 0 Å². The van der Waals surface area contributed by atoms with Crippen molar-refractivity contribution in [3.8, 4) is 0 Å². The SMILES string of the molecule is C[Si](C)(C)OC1CO1. The Morgan fingerprint density at radius 3 is 2.12 bits per heavy atom. The lowest BCUT2D eigenvalue weighted by molar-refractivity contribution is 0.173. The zero-order chi connectivity index (χ0) is 6.20. The molecule has 0 N–H and O–H groups in total. The fraction of sp³-hybridized carbons (Fsp3) is 1.00. The average molecular weight is 132 g/mol. The van der Waals surface area contributed by atoms with Gasteiger partial charge in [-0.2, -0.15) is 0 Å². The number of epoxide rings is 1. The molecule has 2 nitrogen and oxygen atoms in total. The van der Waals surface area contributed by atoms with E-state index in [9.17, 15) is 0 Å². The Balaban J connectivity index is 2.16. The molecule has 3 heteroatoms. The summed E-state index contributed by atoms with van der Waals surface area (Å²) < 4.78 is 10.4. The molecular weight excluding hydrogens is 120 g/mol. The molecule has 1 aliphatic heterocycles. The maximum atomic E-state index is 5.47. The number of hydrogen-bond donors (Lipinski definition) is 0. The maximum absolute atomic E-state index is 5.47. The highest BCUT2D eigenvalue weighted by Gasteiger charge is 2.29. The van der Waals surface area contributed by atoms with E-state index in [-0.39, 0.29) is 6.29 Å². The van der Waals surface area contributed by atoms with Crippen molar-refractivity contribution in [2.45, 2.75) is 25.9 Å². The minimum Gasteiger partial charge on any atom is -0.391 e. The van der Waals surface area contributed by atoms with Gasteiger partial charge in [-0.1, -0.05) is 0 Å². The lowest BCUT2D eigenvalue weighted by Crippen LogP contribution is -2.26. The molecular formula is C5H12O2Si. The van der Waals surface area contributed by atoms with Gasteiger partial charge in [0.2, 0.25) is 0 Å². The Kier molecular flexibility index (Phi) is 1.43. The zero-order valence-electron chi connectivity index (χ0n) is 5.60. The fourth-order valence-electron chi connectivity index (χ4n) is 0.502. The van der Waals surface area contributed by atoms with Crippen LogP contribution < -0.4 is 0 Å². The lowest BCUT2D eigenvalue weighted by atomic mass is 10.9. The summed E-state index contributed by atoms with van der Waals surface area (Å²) in [6.45, 7) is 7.29. The van der Waals surface area contributed by atoms with Crippen molar-refractivity contribution < 1.29 is 9.16 Å². The predicted molar refractivity (Wildman–Crippen MR) is 34.2 cm³/mol. The Morgan fingerprint density at radius 2 is 2.00 bits per heavy atom. The van der Waals surface area contributed by atoms with Crippen LogP contribution in [0, 0.1) is 0 Å². The van der Waals surface area contributed by atoms with Crippen LogP contribution in [0.15, 0.2) is 0 Å². The smallest absolute Gasteiger partial charge is 0.187 e. The summed E-state index contributed by atoms with van der Waals surface area (Å²) in [6.07, 6.45) is 0.154. The highest BCUT2D eigenvalue weighted by Crippen LogP contribution is 2.16. The summed E-state index contributed by atoms with van der Waals surface area (Å²) in [5.41, 5.74) is 0. The monoisotopic (exact) mass is 132 g/mol. The molecule has 1 atom stereocenters. The van der Waals surface area contributed by atoms with Crippen molar-refractivity contribution in [1.82, 2.24) is 0 Å². The van der Waals surface area contributed by atoms with Crippen LogP contribution in [0.2, 0.25) is 19.6 Å². The summed E-state index contributed by atoms with van der Waals surface area (Å²) >= 11 is 0. The molecule has 0 amide bonds. The highest BCUT2D eigenvalue weighted by atomic mass is 28.4. The van der Waals surface area contributed by atoms with Gasteiger partial charge in [-0.05, 0) is 19.6 Å². The van der Waals surface area contributed by atoms with Crippen LogP contribution >= 0.6 is 0 Å². The van der Waals surface area contributed by atoms with Gasteiger partial charge in [0.1, 0.15) is 0 Å². The molecule has 1 saturated heterocycles. The molecule has 1 fully saturated rings. The second kappa shape index (κ2) is 1.82.